The normalized spacial score (nSPS) is 12.7. The zero-order valence-electron chi connectivity index (χ0n) is 19.5. The van der Waals surface area contributed by atoms with Gasteiger partial charge in [-0.3, -0.25) is 4.99 Å². The van der Waals surface area contributed by atoms with Crippen molar-refractivity contribution in [2.24, 2.45) is 4.99 Å². The van der Waals surface area contributed by atoms with Gasteiger partial charge in [0.2, 0.25) is 5.89 Å². The van der Waals surface area contributed by atoms with Crippen molar-refractivity contribution < 1.29 is 13.9 Å². The molecular formula is C25H31N5O3. The molecule has 8 heteroatoms. The summed E-state index contributed by atoms with van der Waals surface area (Å²) in [6.07, 6.45) is 1.15. The van der Waals surface area contributed by atoms with E-state index in [0.29, 0.717) is 24.9 Å². The van der Waals surface area contributed by atoms with Gasteiger partial charge in [0.1, 0.15) is 11.9 Å². The van der Waals surface area contributed by atoms with E-state index in [1.165, 1.54) is 0 Å². The van der Waals surface area contributed by atoms with E-state index in [4.69, 9.17) is 9.15 Å². The summed E-state index contributed by atoms with van der Waals surface area (Å²) in [6.45, 7) is 6.35. The van der Waals surface area contributed by atoms with E-state index < -0.39 is 11.7 Å². The molecule has 3 aromatic rings. The quantitative estimate of drug-likeness (QED) is 0.368. The number of oxazole rings is 1. The third-order valence-corrected chi connectivity index (χ3v) is 4.60. The number of alkyl carbamates (subject to hydrolysis) is 1. The highest BCUT2D eigenvalue weighted by atomic mass is 16.6. The Morgan fingerprint density at radius 1 is 1.06 bits per heavy atom. The lowest BCUT2D eigenvalue weighted by atomic mass is 10.1. The molecule has 3 rings (SSSR count). The van der Waals surface area contributed by atoms with Crippen LogP contribution in [0.2, 0.25) is 0 Å². The Morgan fingerprint density at radius 3 is 2.36 bits per heavy atom. The van der Waals surface area contributed by atoms with Crippen molar-refractivity contribution in [2.75, 3.05) is 13.6 Å². The van der Waals surface area contributed by atoms with Crippen molar-refractivity contribution in [3.63, 3.8) is 0 Å². The van der Waals surface area contributed by atoms with E-state index in [1.807, 2.05) is 81.4 Å². The predicted octanol–water partition coefficient (Wildman–Crippen LogP) is 4.27. The number of hydrogen-bond donors (Lipinski definition) is 3. The predicted molar refractivity (Wildman–Crippen MR) is 129 cm³/mol. The van der Waals surface area contributed by atoms with Crippen LogP contribution in [0.15, 0.2) is 76.3 Å². The van der Waals surface area contributed by atoms with Crippen LogP contribution < -0.4 is 16.0 Å². The topological polar surface area (TPSA) is 101 Å². The summed E-state index contributed by atoms with van der Waals surface area (Å²) in [5.74, 6) is 1.15. The second kappa shape index (κ2) is 11.2. The lowest BCUT2D eigenvalue weighted by Gasteiger charge is -2.24. The third-order valence-electron chi connectivity index (χ3n) is 4.60. The number of benzene rings is 2. The zero-order valence-corrected chi connectivity index (χ0v) is 19.5. The maximum atomic E-state index is 12.4. The summed E-state index contributed by atoms with van der Waals surface area (Å²) in [6, 6.07) is 19.1. The number of carbonyl (C=O) groups excluding carboxylic acids is 1. The van der Waals surface area contributed by atoms with Crippen molar-refractivity contribution >= 4 is 12.1 Å². The Kier molecular flexibility index (Phi) is 8.07. The Balaban J connectivity index is 1.58. The summed E-state index contributed by atoms with van der Waals surface area (Å²) in [5, 5.41) is 9.41. The van der Waals surface area contributed by atoms with E-state index in [1.54, 1.807) is 13.3 Å². The molecule has 0 saturated carbocycles. The number of carbonyl (C=O) groups is 1. The van der Waals surface area contributed by atoms with Crippen LogP contribution in [0.25, 0.3) is 11.5 Å². The maximum absolute atomic E-state index is 12.4. The molecule has 0 fully saturated rings. The van der Waals surface area contributed by atoms with Gasteiger partial charge in [-0.25, -0.2) is 9.78 Å². The Bertz CT molecular complexity index is 1040. The first-order valence-electron chi connectivity index (χ1n) is 10.8. The molecule has 33 heavy (non-hydrogen) atoms. The smallest absolute Gasteiger partial charge is 0.408 e. The minimum atomic E-state index is -0.577. The van der Waals surface area contributed by atoms with Gasteiger partial charge in [0.05, 0.1) is 18.3 Å². The fraction of sp³-hybridized carbons (Fsp3) is 0.320. The van der Waals surface area contributed by atoms with Gasteiger partial charge in [0.25, 0.3) is 0 Å². The van der Waals surface area contributed by atoms with Gasteiger partial charge in [-0.15, -0.1) is 0 Å². The van der Waals surface area contributed by atoms with Gasteiger partial charge in [0, 0.05) is 19.2 Å². The molecule has 0 aliphatic rings. The van der Waals surface area contributed by atoms with Crippen LogP contribution in [-0.4, -0.2) is 36.2 Å². The number of amides is 1. The van der Waals surface area contributed by atoms with E-state index >= 15 is 0 Å². The summed E-state index contributed by atoms with van der Waals surface area (Å²) in [4.78, 5) is 21.1. The van der Waals surface area contributed by atoms with Crippen LogP contribution in [0.4, 0.5) is 4.79 Å². The number of nitrogens with one attached hydrogen (secondary N) is 3. The van der Waals surface area contributed by atoms with Gasteiger partial charge in [0.15, 0.2) is 5.96 Å². The molecule has 1 amide bonds. The van der Waals surface area contributed by atoms with Crippen molar-refractivity contribution in [3.8, 4) is 11.5 Å². The molecule has 1 heterocycles. The molecule has 3 N–H and O–H groups in total. The molecule has 0 aliphatic heterocycles. The van der Waals surface area contributed by atoms with Crippen LogP contribution in [0.3, 0.4) is 0 Å². The van der Waals surface area contributed by atoms with E-state index in [-0.39, 0.29) is 6.04 Å². The lowest BCUT2D eigenvalue weighted by Crippen LogP contribution is -2.44. The molecule has 0 bridgehead atoms. The monoisotopic (exact) mass is 449 g/mol. The fourth-order valence-electron chi connectivity index (χ4n) is 3.08. The second-order valence-corrected chi connectivity index (χ2v) is 8.43. The molecule has 0 radical (unpaired) electrons. The van der Waals surface area contributed by atoms with Gasteiger partial charge < -0.3 is 25.1 Å². The van der Waals surface area contributed by atoms with Gasteiger partial charge in [-0.1, -0.05) is 48.5 Å². The molecule has 1 atom stereocenters. The van der Waals surface area contributed by atoms with Crippen LogP contribution in [0.5, 0.6) is 0 Å². The second-order valence-electron chi connectivity index (χ2n) is 8.43. The highest BCUT2D eigenvalue weighted by Gasteiger charge is 2.21. The van der Waals surface area contributed by atoms with Crippen molar-refractivity contribution in [2.45, 2.75) is 39.0 Å². The van der Waals surface area contributed by atoms with Crippen molar-refractivity contribution in [1.29, 1.82) is 0 Å². The van der Waals surface area contributed by atoms with Gasteiger partial charge in [-0.05, 0) is 38.5 Å². The number of aliphatic imine (C=N–C) groups is 1. The first-order chi connectivity index (χ1) is 15.8. The summed E-state index contributed by atoms with van der Waals surface area (Å²) in [5.41, 5.74) is 2.05. The SMILES string of the molecule is CN=C(NCc1coc(-c2ccccc2)n1)NCC(NC(=O)OC(C)(C)C)c1ccccc1. The van der Waals surface area contributed by atoms with Crippen LogP contribution in [-0.2, 0) is 11.3 Å². The van der Waals surface area contributed by atoms with Crippen LogP contribution in [0, 0.1) is 0 Å². The zero-order chi connectivity index (χ0) is 23.7. The number of aromatic nitrogens is 1. The average Bonchev–Trinajstić information content (AvgIpc) is 3.27. The third kappa shape index (κ3) is 7.68. The van der Waals surface area contributed by atoms with Gasteiger partial charge >= 0.3 is 6.09 Å². The molecule has 2 aromatic carbocycles. The molecule has 0 spiro atoms. The lowest BCUT2D eigenvalue weighted by molar-refractivity contribution is 0.0504. The summed E-state index contributed by atoms with van der Waals surface area (Å²) in [7, 11) is 1.69. The first kappa shape index (κ1) is 23.8. The number of nitrogens with zero attached hydrogens (tertiary/aromatic N) is 2. The highest BCUT2D eigenvalue weighted by molar-refractivity contribution is 5.79. The van der Waals surface area contributed by atoms with Crippen LogP contribution >= 0.6 is 0 Å². The molecule has 0 aliphatic carbocycles. The first-order valence-corrected chi connectivity index (χ1v) is 10.8. The Labute approximate surface area is 194 Å². The summed E-state index contributed by atoms with van der Waals surface area (Å²) < 4.78 is 11.0. The van der Waals surface area contributed by atoms with Crippen molar-refractivity contribution in [3.05, 3.63) is 78.2 Å². The number of hydrogen-bond acceptors (Lipinski definition) is 5. The molecular weight excluding hydrogens is 418 g/mol. The molecule has 0 saturated heterocycles. The maximum Gasteiger partial charge on any atom is 0.408 e. The standard InChI is InChI=1S/C25H31N5O3/c1-25(2,3)33-24(31)30-21(18-11-7-5-8-12-18)16-28-23(26-4)27-15-20-17-32-22(29-20)19-13-9-6-10-14-19/h5-14,17,21H,15-16H2,1-4H3,(H,30,31)(H2,26,27,28). The fourth-order valence-corrected chi connectivity index (χ4v) is 3.08. The van der Waals surface area contributed by atoms with Crippen molar-refractivity contribution in [1.82, 2.24) is 20.9 Å². The van der Waals surface area contributed by atoms with E-state index in [9.17, 15) is 4.79 Å². The summed E-state index contributed by atoms with van der Waals surface area (Å²) >= 11 is 0. The number of ether oxygens (including phenoxy) is 1. The molecule has 174 valence electrons. The molecule has 8 nitrogen and oxygen atoms in total. The highest BCUT2D eigenvalue weighted by Crippen LogP contribution is 2.18. The van der Waals surface area contributed by atoms with Gasteiger partial charge in [-0.2, -0.15) is 0 Å². The minimum Gasteiger partial charge on any atom is -0.444 e. The van der Waals surface area contributed by atoms with E-state index in [0.717, 1.165) is 16.8 Å². The largest absolute Gasteiger partial charge is 0.444 e. The number of guanidine groups is 1. The average molecular weight is 450 g/mol. The van der Waals surface area contributed by atoms with Crippen LogP contribution in [0.1, 0.15) is 38.1 Å². The minimum absolute atomic E-state index is 0.309. The molecule has 1 unspecified atom stereocenters. The Hall–Kier alpha value is -3.81. The number of rotatable bonds is 7. The Morgan fingerprint density at radius 2 is 1.73 bits per heavy atom. The molecule has 1 aromatic heterocycles. The van der Waals surface area contributed by atoms with E-state index in [2.05, 4.69) is 25.9 Å².